The van der Waals surface area contributed by atoms with Gasteiger partial charge in [0.05, 0.1) is 18.1 Å². The molecule has 3 aliphatic rings. The van der Waals surface area contributed by atoms with Gasteiger partial charge in [0.15, 0.2) is 0 Å². The van der Waals surface area contributed by atoms with E-state index in [2.05, 4.69) is 6.58 Å². The van der Waals surface area contributed by atoms with E-state index in [9.17, 15) is 19.5 Å². The van der Waals surface area contributed by atoms with Crippen molar-refractivity contribution < 1.29 is 29.0 Å². The molecule has 3 saturated heterocycles. The number of carbonyl (C=O) groups excluding carboxylic acids is 3. The number of fused-ring (bicyclic) bond motifs is 1. The number of esters is 1. The Morgan fingerprint density at radius 3 is 2.64 bits per heavy atom. The second-order valence-corrected chi connectivity index (χ2v) is 10.0. The Labute approximate surface area is 213 Å². The van der Waals surface area contributed by atoms with Crippen molar-refractivity contribution in [2.45, 2.75) is 69.7 Å². The normalized spacial score (nSPS) is 30.4. The second-order valence-electron chi connectivity index (χ2n) is 10.0. The maximum atomic E-state index is 14.3. The van der Waals surface area contributed by atoms with E-state index in [-0.39, 0.29) is 25.0 Å². The van der Waals surface area contributed by atoms with Crippen LogP contribution >= 0.6 is 0 Å². The minimum absolute atomic E-state index is 0.00665. The van der Waals surface area contributed by atoms with Crippen LogP contribution in [-0.2, 0) is 30.4 Å². The van der Waals surface area contributed by atoms with E-state index in [0.29, 0.717) is 51.7 Å². The fourth-order valence-corrected chi connectivity index (χ4v) is 6.59. The summed E-state index contributed by atoms with van der Waals surface area (Å²) in [4.78, 5) is 44.8. The fraction of sp³-hybridized carbons (Fsp3) is 0.607. The summed E-state index contributed by atoms with van der Waals surface area (Å²) in [6.07, 6.45) is 4.46. The molecular formula is C28H38N2O6. The third kappa shape index (κ3) is 4.24. The SMILES string of the molecule is C=CCN(Cc1ccccc1)C(=O)C1N(CCCCO)C(=O)[C@@H]2[C@H](C(=O)OCC)[C@]3(CC)CCC12O3. The first-order chi connectivity index (χ1) is 17.4. The monoisotopic (exact) mass is 498 g/mol. The number of aliphatic hydroxyl groups excluding tert-OH is 1. The van der Waals surface area contributed by atoms with Crippen LogP contribution in [0.2, 0.25) is 0 Å². The number of ether oxygens (including phenoxy) is 2. The molecule has 1 aromatic carbocycles. The van der Waals surface area contributed by atoms with Crippen molar-refractivity contribution in [2.75, 3.05) is 26.3 Å². The summed E-state index contributed by atoms with van der Waals surface area (Å²) < 4.78 is 12.2. The highest BCUT2D eigenvalue weighted by Crippen LogP contribution is 2.64. The van der Waals surface area contributed by atoms with Gasteiger partial charge in [-0.3, -0.25) is 14.4 Å². The molecule has 4 rings (SSSR count). The average molecular weight is 499 g/mol. The Morgan fingerprint density at radius 1 is 1.25 bits per heavy atom. The number of hydrogen-bond acceptors (Lipinski definition) is 6. The van der Waals surface area contributed by atoms with Crippen LogP contribution in [-0.4, -0.2) is 76.2 Å². The predicted octanol–water partition coefficient (Wildman–Crippen LogP) is 2.69. The fourth-order valence-electron chi connectivity index (χ4n) is 6.59. The first-order valence-corrected chi connectivity index (χ1v) is 13.1. The summed E-state index contributed by atoms with van der Waals surface area (Å²) in [5.74, 6) is -2.33. The van der Waals surface area contributed by atoms with E-state index < -0.39 is 35.0 Å². The van der Waals surface area contributed by atoms with Crippen LogP contribution in [0.4, 0.5) is 0 Å². The summed E-state index contributed by atoms with van der Waals surface area (Å²) >= 11 is 0. The number of nitrogens with zero attached hydrogens (tertiary/aromatic N) is 2. The molecule has 5 atom stereocenters. The number of aliphatic hydroxyl groups is 1. The van der Waals surface area contributed by atoms with Gasteiger partial charge in [0.2, 0.25) is 11.8 Å². The van der Waals surface area contributed by atoms with Gasteiger partial charge in [-0.2, -0.15) is 0 Å². The van der Waals surface area contributed by atoms with Crippen molar-refractivity contribution in [2.24, 2.45) is 11.8 Å². The van der Waals surface area contributed by atoms with Crippen LogP contribution < -0.4 is 0 Å². The topological polar surface area (TPSA) is 96.4 Å². The molecule has 3 heterocycles. The summed E-state index contributed by atoms with van der Waals surface area (Å²) in [5.41, 5.74) is -0.897. The number of amides is 2. The van der Waals surface area contributed by atoms with Crippen molar-refractivity contribution in [1.82, 2.24) is 9.80 Å². The van der Waals surface area contributed by atoms with Gasteiger partial charge in [-0.05, 0) is 44.6 Å². The lowest BCUT2D eigenvalue weighted by molar-refractivity contribution is -0.161. The van der Waals surface area contributed by atoms with Crippen molar-refractivity contribution in [3.8, 4) is 0 Å². The third-order valence-electron chi connectivity index (χ3n) is 8.14. The number of unbranched alkanes of at least 4 members (excludes halogenated alkanes) is 1. The molecule has 3 aliphatic heterocycles. The Bertz CT molecular complexity index is 984. The van der Waals surface area contributed by atoms with Crippen LogP contribution in [0.1, 0.15) is 51.5 Å². The summed E-state index contributed by atoms with van der Waals surface area (Å²) in [6.45, 7) is 8.80. The lowest BCUT2D eigenvalue weighted by Crippen LogP contribution is -2.56. The van der Waals surface area contributed by atoms with Crippen LogP contribution in [0.5, 0.6) is 0 Å². The largest absolute Gasteiger partial charge is 0.466 e. The Hall–Kier alpha value is -2.71. The van der Waals surface area contributed by atoms with E-state index in [1.165, 1.54) is 0 Å². The molecule has 2 amide bonds. The number of carbonyl (C=O) groups is 3. The minimum Gasteiger partial charge on any atom is -0.466 e. The van der Waals surface area contributed by atoms with Gasteiger partial charge in [-0.1, -0.05) is 43.3 Å². The highest BCUT2D eigenvalue weighted by Gasteiger charge is 2.79. The molecule has 1 N–H and O–H groups in total. The molecule has 36 heavy (non-hydrogen) atoms. The average Bonchev–Trinajstić information content (AvgIpc) is 3.48. The van der Waals surface area contributed by atoms with Gasteiger partial charge in [0.1, 0.15) is 17.6 Å². The van der Waals surface area contributed by atoms with Gasteiger partial charge >= 0.3 is 5.97 Å². The molecule has 196 valence electrons. The van der Waals surface area contributed by atoms with Gasteiger partial charge in [0.25, 0.3) is 0 Å². The second kappa shape index (κ2) is 10.7. The molecule has 1 aromatic rings. The molecule has 0 aliphatic carbocycles. The number of likely N-dealkylation sites (tertiary alicyclic amines) is 1. The van der Waals surface area contributed by atoms with Crippen LogP contribution in [0.15, 0.2) is 43.0 Å². The van der Waals surface area contributed by atoms with E-state index in [4.69, 9.17) is 9.47 Å². The van der Waals surface area contributed by atoms with Gasteiger partial charge < -0.3 is 24.4 Å². The van der Waals surface area contributed by atoms with Crippen molar-refractivity contribution in [3.63, 3.8) is 0 Å². The highest BCUT2D eigenvalue weighted by atomic mass is 16.6. The van der Waals surface area contributed by atoms with Gasteiger partial charge in [0, 0.05) is 26.2 Å². The van der Waals surface area contributed by atoms with Crippen LogP contribution in [0.25, 0.3) is 0 Å². The lowest BCUT2D eigenvalue weighted by atomic mass is 9.65. The zero-order valence-electron chi connectivity index (χ0n) is 21.4. The van der Waals surface area contributed by atoms with E-state index >= 15 is 0 Å². The standard InChI is InChI=1S/C28H38N2O6/c1-4-16-29(19-20-12-8-7-9-13-20)25(33)23-28-15-14-27(5-2,36-28)22(26(34)35-6-3)21(28)24(32)30(23)17-10-11-18-31/h4,7-9,12-13,21-23,31H,1,5-6,10-11,14-19H2,2-3H3/t21-,22+,23?,27-,28?/m0/s1. The first kappa shape index (κ1) is 26.4. The Balaban J connectivity index is 1.74. The molecule has 8 nitrogen and oxygen atoms in total. The first-order valence-electron chi connectivity index (χ1n) is 13.1. The minimum atomic E-state index is -1.07. The molecule has 0 saturated carbocycles. The smallest absolute Gasteiger partial charge is 0.312 e. The van der Waals surface area contributed by atoms with Crippen molar-refractivity contribution >= 4 is 17.8 Å². The molecule has 3 fully saturated rings. The Morgan fingerprint density at radius 2 is 2.00 bits per heavy atom. The molecule has 0 radical (unpaired) electrons. The number of hydrogen-bond donors (Lipinski definition) is 1. The summed E-state index contributed by atoms with van der Waals surface area (Å²) in [6, 6.07) is 8.86. The summed E-state index contributed by atoms with van der Waals surface area (Å²) in [5, 5.41) is 9.33. The van der Waals surface area contributed by atoms with Crippen LogP contribution in [0, 0.1) is 11.8 Å². The maximum absolute atomic E-state index is 14.3. The quantitative estimate of drug-likeness (QED) is 0.270. The number of benzene rings is 1. The van der Waals surface area contributed by atoms with Crippen molar-refractivity contribution in [3.05, 3.63) is 48.6 Å². The predicted molar refractivity (Wildman–Crippen MR) is 134 cm³/mol. The van der Waals surface area contributed by atoms with Crippen molar-refractivity contribution in [1.29, 1.82) is 0 Å². The number of rotatable bonds is 12. The molecule has 2 unspecified atom stereocenters. The molecule has 1 spiro atoms. The maximum Gasteiger partial charge on any atom is 0.312 e. The van der Waals surface area contributed by atoms with Gasteiger partial charge in [-0.15, -0.1) is 6.58 Å². The lowest BCUT2D eigenvalue weighted by Gasteiger charge is -2.37. The van der Waals surface area contributed by atoms with Crippen LogP contribution in [0.3, 0.4) is 0 Å². The zero-order valence-corrected chi connectivity index (χ0v) is 21.4. The summed E-state index contributed by atoms with van der Waals surface area (Å²) in [7, 11) is 0. The van der Waals surface area contributed by atoms with E-state index in [1.54, 1.807) is 22.8 Å². The third-order valence-corrected chi connectivity index (χ3v) is 8.14. The highest BCUT2D eigenvalue weighted by molar-refractivity contribution is 5.98. The van der Waals surface area contributed by atoms with Gasteiger partial charge in [-0.25, -0.2) is 0 Å². The van der Waals surface area contributed by atoms with E-state index in [0.717, 1.165) is 5.56 Å². The molecule has 2 bridgehead atoms. The Kier molecular flexibility index (Phi) is 7.85. The molecule has 8 heteroatoms. The molecular weight excluding hydrogens is 460 g/mol. The van der Waals surface area contributed by atoms with E-state index in [1.807, 2.05) is 37.3 Å². The zero-order chi connectivity index (χ0) is 25.9. The molecule has 0 aromatic heterocycles.